The molecule has 0 amide bonds. The number of benzene rings is 1. The number of carboxylic acids is 1. The Bertz CT molecular complexity index is 700. The summed E-state index contributed by atoms with van der Waals surface area (Å²) in [7, 11) is 0. The van der Waals surface area contributed by atoms with Crippen LogP contribution in [0.1, 0.15) is 17.2 Å². The van der Waals surface area contributed by atoms with Gasteiger partial charge < -0.3 is 10.1 Å². The summed E-state index contributed by atoms with van der Waals surface area (Å²) in [4.78, 5) is 29.4. The molecular formula is C13H10Br2N2O3. The zero-order valence-corrected chi connectivity index (χ0v) is 13.3. The molecule has 2 N–H and O–H groups in total. The van der Waals surface area contributed by atoms with Gasteiger partial charge >= 0.3 is 5.97 Å². The SMILES string of the molecule is O=C(O)C(Cc1ccccc1Br)c1nc[nH]c(=O)c1Br. The van der Waals surface area contributed by atoms with Gasteiger partial charge in [-0.25, -0.2) is 4.98 Å². The van der Waals surface area contributed by atoms with E-state index in [2.05, 4.69) is 41.8 Å². The highest BCUT2D eigenvalue weighted by Gasteiger charge is 2.26. The number of nitrogens with zero attached hydrogens (tertiary/aromatic N) is 1. The number of H-pyrrole nitrogens is 1. The maximum Gasteiger partial charge on any atom is 0.312 e. The molecule has 0 aliphatic heterocycles. The maximum atomic E-state index is 11.5. The third kappa shape index (κ3) is 3.16. The van der Waals surface area contributed by atoms with Gasteiger partial charge in [-0.15, -0.1) is 0 Å². The summed E-state index contributed by atoms with van der Waals surface area (Å²) in [5.74, 6) is -1.93. The first kappa shape index (κ1) is 14.9. The molecule has 0 aliphatic carbocycles. The lowest BCUT2D eigenvalue weighted by atomic mass is 9.96. The smallest absolute Gasteiger partial charge is 0.312 e. The zero-order chi connectivity index (χ0) is 14.7. The van der Waals surface area contributed by atoms with Crippen molar-refractivity contribution < 1.29 is 9.90 Å². The molecule has 20 heavy (non-hydrogen) atoms. The highest BCUT2D eigenvalue weighted by atomic mass is 79.9. The number of hydrogen-bond donors (Lipinski definition) is 2. The van der Waals surface area contributed by atoms with Gasteiger partial charge in [-0.3, -0.25) is 9.59 Å². The van der Waals surface area contributed by atoms with E-state index in [-0.39, 0.29) is 16.6 Å². The van der Waals surface area contributed by atoms with E-state index in [0.717, 1.165) is 10.0 Å². The second kappa shape index (κ2) is 6.32. The number of rotatable bonds is 4. The zero-order valence-electron chi connectivity index (χ0n) is 10.1. The highest BCUT2D eigenvalue weighted by molar-refractivity contribution is 9.10. The first-order valence-corrected chi connectivity index (χ1v) is 7.28. The van der Waals surface area contributed by atoms with Crippen LogP contribution >= 0.6 is 31.9 Å². The van der Waals surface area contributed by atoms with Gasteiger partial charge in [-0.1, -0.05) is 34.1 Å². The fourth-order valence-electron chi connectivity index (χ4n) is 1.82. The summed E-state index contributed by atoms with van der Waals surface area (Å²) in [5.41, 5.74) is 0.666. The van der Waals surface area contributed by atoms with Crippen LogP contribution in [0.2, 0.25) is 0 Å². The number of carboxylic acid groups (broad SMARTS) is 1. The van der Waals surface area contributed by atoms with Crippen LogP contribution in [-0.4, -0.2) is 21.0 Å². The van der Waals surface area contributed by atoms with Crippen molar-refractivity contribution >= 4 is 37.8 Å². The summed E-state index contributed by atoms with van der Waals surface area (Å²) in [5, 5.41) is 9.41. The summed E-state index contributed by atoms with van der Waals surface area (Å²) in [6, 6.07) is 7.36. The molecule has 104 valence electrons. The summed E-state index contributed by atoms with van der Waals surface area (Å²) in [6.07, 6.45) is 1.45. The second-order valence-electron chi connectivity index (χ2n) is 4.12. The Hall–Kier alpha value is -1.47. The molecule has 1 atom stereocenters. The Morgan fingerprint density at radius 2 is 2.05 bits per heavy atom. The van der Waals surface area contributed by atoms with Gasteiger partial charge in [0.2, 0.25) is 0 Å². The Balaban J connectivity index is 2.43. The molecule has 0 radical (unpaired) electrons. The molecule has 5 nitrogen and oxygen atoms in total. The monoisotopic (exact) mass is 400 g/mol. The molecule has 0 aliphatic rings. The van der Waals surface area contributed by atoms with Gasteiger partial charge in [0, 0.05) is 4.47 Å². The van der Waals surface area contributed by atoms with E-state index in [1.165, 1.54) is 6.33 Å². The number of halogens is 2. The fourth-order valence-corrected chi connectivity index (χ4v) is 2.76. The molecule has 0 bridgehead atoms. The lowest BCUT2D eigenvalue weighted by molar-refractivity contribution is -0.138. The molecule has 2 aromatic rings. The van der Waals surface area contributed by atoms with E-state index in [9.17, 15) is 14.7 Å². The number of carbonyl (C=O) groups is 1. The minimum absolute atomic E-state index is 0.152. The van der Waals surface area contributed by atoms with E-state index in [1.54, 1.807) is 0 Å². The number of hydrogen-bond acceptors (Lipinski definition) is 3. The average Bonchev–Trinajstić information content (AvgIpc) is 2.41. The minimum Gasteiger partial charge on any atom is -0.481 e. The lowest BCUT2D eigenvalue weighted by Gasteiger charge is -2.13. The van der Waals surface area contributed by atoms with Crippen LogP contribution in [-0.2, 0) is 11.2 Å². The van der Waals surface area contributed by atoms with E-state index < -0.39 is 17.4 Å². The van der Waals surface area contributed by atoms with Crippen LogP contribution in [0.4, 0.5) is 0 Å². The number of aromatic amines is 1. The molecule has 1 heterocycles. The van der Waals surface area contributed by atoms with E-state index in [4.69, 9.17) is 0 Å². The van der Waals surface area contributed by atoms with Crippen LogP contribution in [0.3, 0.4) is 0 Å². The van der Waals surface area contributed by atoms with Gasteiger partial charge in [0.1, 0.15) is 10.4 Å². The molecule has 0 saturated heterocycles. The van der Waals surface area contributed by atoms with Crippen LogP contribution in [0, 0.1) is 0 Å². The van der Waals surface area contributed by atoms with Gasteiger partial charge in [0.05, 0.1) is 12.0 Å². The van der Waals surface area contributed by atoms with E-state index in [1.807, 2.05) is 24.3 Å². The number of aromatic nitrogens is 2. The average molecular weight is 402 g/mol. The van der Waals surface area contributed by atoms with Gasteiger partial charge in [-0.05, 0) is 34.0 Å². The molecule has 0 fully saturated rings. The molecule has 1 aromatic carbocycles. The Labute approximate surface area is 131 Å². The molecule has 7 heteroatoms. The third-order valence-electron chi connectivity index (χ3n) is 2.83. The summed E-state index contributed by atoms with van der Waals surface area (Å²) in [6.45, 7) is 0. The fraction of sp³-hybridized carbons (Fsp3) is 0.154. The Morgan fingerprint density at radius 3 is 2.70 bits per heavy atom. The van der Waals surface area contributed by atoms with E-state index in [0.29, 0.717) is 0 Å². The van der Waals surface area contributed by atoms with E-state index >= 15 is 0 Å². The number of aliphatic carboxylic acids is 1. The Kier molecular flexibility index (Phi) is 4.72. The topological polar surface area (TPSA) is 83.0 Å². The van der Waals surface area contributed by atoms with Crippen molar-refractivity contribution in [1.82, 2.24) is 9.97 Å². The van der Waals surface area contributed by atoms with Crippen molar-refractivity contribution in [3.63, 3.8) is 0 Å². The van der Waals surface area contributed by atoms with Crippen molar-refractivity contribution in [1.29, 1.82) is 0 Å². The van der Waals surface area contributed by atoms with Crippen molar-refractivity contribution in [2.24, 2.45) is 0 Å². The predicted molar refractivity (Wildman–Crippen MR) is 80.8 cm³/mol. The Morgan fingerprint density at radius 1 is 1.35 bits per heavy atom. The largest absolute Gasteiger partial charge is 0.481 e. The van der Waals surface area contributed by atoms with Crippen molar-refractivity contribution in [2.75, 3.05) is 0 Å². The van der Waals surface area contributed by atoms with Crippen LogP contribution < -0.4 is 5.56 Å². The first-order valence-electron chi connectivity index (χ1n) is 5.70. The molecular weight excluding hydrogens is 392 g/mol. The lowest BCUT2D eigenvalue weighted by Crippen LogP contribution is -2.21. The van der Waals surface area contributed by atoms with Crippen molar-refractivity contribution in [3.8, 4) is 0 Å². The van der Waals surface area contributed by atoms with Gasteiger partial charge in [0.15, 0.2) is 0 Å². The first-order chi connectivity index (χ1) is 9.50. The standard InChI is InChI=1S/C13H10Br2N2O3/c14-9-4-2-1-3-7(9)5-8(13(19)20)11-10(15)12(18)17-6-16-11/h1-4,6,8H,5H2,(H,19,20)(H,16,17,18). The third-order valence-corrected chi connectivity index (χ3v) is 4.37. The van der Waals surface area contributed by atoms with Crippen LogP contribution in [0.15, 0.2) is 44.3 Å². The van der Waals surface area contributed by atoms with Gasteiger partial charge in [-0.2, -0.15) is 0 Å². The van der Waals surface area contributed by atoms with Gasteiger partial charge in [0.25, 0.3) is 5.56 Å². The number of nitrogens with one attached hydrogen (secondary N) is 1. The predicted octanol–water partition coefficient (Wildman–Crippen LogP) is 2.71. The van der Waals surface area contributed by atoms with Crippen LogP contribution in [0.5, 0.6) is 0 Å². The summed E-state index contributed by atoms with van der Waals surface area (Å²) >= 11 is 6.49. The second-order valence-corrected chi connectivity index (χ2v) is 5.76. The summed E-state index contributed by atoms with van der Waals surface area (Å²) < 4.78 is 0.978. The van der Waals surface area contributed by atoms with Crippen molar-refractivity contribution in [2.45, 2.75) is 12.3 Å². The minimum atomic E-state index is -1.03. The molecule has 1 aromatic heterocycles. The molecule has 2 rings (SSSR count). The molecule has 0 saturated carbocycles. The normalized spacial score (nSPS) is 12.1. The van der Waals surface area contributed by atoms with Crippen molar-refractivity contribution in [3.05, 3.63) is 61.1 Å². The molecule has 0 spiro atoms. The molecule has 1 unspecified atom stereocenters. The quantitative estimate of drug-likeness (QED) is 0.824. The highest BCUT2D eigenvalue weighted by Crippen LogP contribution is 2.27. The van der Waals surface area contributed by atoms with Crippen LogP contribution in [0.25, 0.3) is 0 Å². The maximum absolute atomic E-state index is 11.5.